The number of halogens is 1. The minimum absolute atomic E-state index is 0. The van der Waals surface area contributed by atoms with Crippen molar-refractivity contribution in [3.05, 3.63) is 0 Å². The number of nitrogens with two attached hydrogens (primary N) is 1. The molecule has 1 atom stereocenters. The van der Waals surface area contributed by atoms with Gasteiger partial charge in [0.2, 0.25) is 11.8 Å². The number of hydrogen-bond donors (Lipinski definition) is 1. The molecule has 0 radical (unpaired) electrons. The van der Waals surface area contributed by atoms with Gasteiger partial charge in [0.05, 0.1) is 5.41 Å². The van der Waals surface area contributed by atoms with E-state index >= 15 is 0 Å². The van der Waals surface area contributed by atoms with E-state index in [1.165, 1.54) is 19.3 Å². The average Bonchev–Trinajstić information content (AvgIpc) is 3.08. The maximum Gasteiger partial charge on any atom is 0.245 e. The minimum atomic E-state index is -0.260. The van der Waals surface area contributed by atoms with Gasteiger partial charge in [0.15, 0.2) is 0 Å². The summed E-state index contributed by atoms with van der Waals surface area (Å²) >= 11 is 0. The first-order valence-corrected chi connectivity index (χ1v) is 11.0. The predicted molar refractivity (Wildman–Crippen MR) is 113 cm³/mol. The zero-order valence-electron chi connectivity index (χ0n) is 17.8. The molecule has 2 amide bonds. The predicted octanol–water partition coefficient (Wildman–Crippen LogP) is 3.06. The van der Waals surface area contributed by atoms with Gasteiger partial charge in [0.25, 0.3) is 0 Å². The van der Waals surface area contributed by atoms with Gasteiger partial charge in [-0.1, -0.05) is 13.8 Å². The Bertz CT molecular complexity index is 586. The van der Waals surface area contributed by atoms with Crippen LogP contribution >= 0.6 is 12.4 Å². The van der Waals surface area contributed by atoms with E-state index in [1.807, 2.05) is 16.8 Å². The SMILES string of the molecule is CN(CC(C)(C)CN)C(=O)C1CCCN1C(=O)C12CC3CC(CC(C3)C1)C2.Cl. The molecule has 160 valence electrons. The van der Waals surface area contributed by atoms with Crippen molar-refractivity contribution in [1.82, 2.24) is 9.80 Å². The van der Waals surface area contributed by atoms with Crippen molar-refractivity contribution < 1.29 is 9.59 Å². The van der Waals surface area contributed by atoms with Gasteiger partial charge in [-0.25, -0.2) is 0 Å². The maximum atomic E-state index is 13.7. The molecular formula is C22H38ClN3O2. The van der Waals surface area contributed by atoms with Crippen molar-refractivity contribution in [3.63, 3.8) is 0 Å². The van der Waals surface area contributed by atoms with E-state index in [0.717, 1.165) is 56.4 Å². The molecule has 5 rings (SSSR count). The second-order valence-corrected chi connectivity index (χ2v) is 10.9. The molecule has 1 aliphatic heterocycles. The second kappa shape index (κ2) is 7.79. The lowest BCUT2D eigenvalue weighted by molar-refractivity contribution is -0.162. The summed E-state index contributed by atoms with van der Waals surface area (Å²) in [6.45, 7) is 6.11. The van der Waals surface area contributed by atoms with Crippen LogP contribution in [-0.2, 0) is 9.59 Å². The lowest BCUT2D eigenvalue weighted by Crippen LogP contribution is -2.57. The molecule has 1 unspecified atom stereocenters. The second-order valence-electron chi connectivity index (χ2n) is 10.9. The topological polar surface area (TPSA) is 66.6 Å². The summed E-state index contributed by atoms with van der Waals surface area (Å²) in [5.41, 5.74) is 5.61. The summed E-state index contributed by atoms with van der Waals surface area (Å²) in [5, 5.41) is 0. The third-order valence-corrected chi connectivity index (χ3v) is 7.88. The summed E-state index contributed by atoms with van der Waals surface area (Å²) in [7, 11) is 1.87. The Morgan fingerprint density at radius 1 is 1.11 bits per heavy atom. The van der Waals surface area contributed by atoms with Crippen molar-refractivity contribution in [2.75, 3.05) is 26.7 Å². The number of amides is 2. The Kier molecular flexibility index (Phi) is 6.09. The van der Waals surface area contributed by atoms with Gasteiger partial charge in [-0.05, 0) is 81.1 Å². The van der Waals surface area contributed by atoms with Crippen LogP contribution in [0.1, 0.15) is 65.2 Å². The third-order valence-electron chi connectivity index (χ3n) is 7.88. The summed E-state index contributed by atoms with van der Waals surface area (Å²) in [6.07, 6.45) is 9.00. The zero-order valence-corrected chi connectivity index (χ0v) is 18.6. The Balaban J connectivity index is 0.00000225. The van der Waals surface area contributed by atoms with Crippen LogP contribution in [0.25, 0.3) is 0 Å². The Morgan fingerprint density at radius 3 is 2.14 bits per heavy atom. The van der Waals surface area contributed by atoms with E-state index in [-0.39, 0.29) is 35.2 Å². The summed E-state index contributed by atoms with van der Waals surface area (Å²) < 4.78 is 0. The van der Waals surface area contributed by atoms with E-state index < -0.39 is 0 Å². The molecule has 5 nitrogen and oxygen atoms in total. The van der Waals surface area contributed by atoms with Crippen LogP contribution in [0.15, 0.2) is 0 Å². The van der Waals surface area contributed by atoms with Gasteiger partial charge in [0, 0.05) is 20.1 Å². The fourth-order valence-electron chi connectivity index (χ4n) is 6.98. The number of likely N-dealkylation sites (tertiary alicyclic amines) is 1. The fourth-order valence-corrected chi connectivity index (χ4v) is 6.98. The van der Waals surface area contributed by atoms with E-state index in [0.29, 0.717) is 19.0 Å². The van der Waals surface area contributed by atoms with Crippen LogP contribution in [0.3, 0.4) is 0 Å². The van der Waals surface area contributed by atoms with Gasteiger partial charge in [0.1, 0.15) is 6.04 Å². The number of carbonyl (C=O) groups is 2. The summed E-state index contributed by atoms with van der Waals surface area (Å²) in [4.78, 5) is 30.7. The molecule has 0 aromatic heterocycles. The normalized spacial score (nSPS) is 36.4. The van der Waals surface area contributed by atoms with Crippen molar-refractivity contribution in [2.45, 2.75) is 71.3 Å². The Morgan fingerprint density at radius 2 is 1.64 bits per heavy atom. The first kappa shape index (κ1) is 21.9. The quantitative estimate of drug-likeness (QED) is 0.755. The molecule has 28 heavy (non-hydrogen) atoms. The molecule has 4 aliphatic carbocycles. The summed E-state index contributed by atoms with van der Waals surface area (Å²) in [6, 6.07) is -0.260. The van der Waals surface area contributed by atoms with E-state index in [2.05, 4.69) is 13.8 Å². The number of hydrogen-bond acceptors (Lipinski definition) is 3. The van der Waals surface area contributed by atoms with Gasteiger partial charge < -0.3 is 15.5 Å². The molecule has 0 aromatic carbocycles. The van der Waals surface area contributed by atoms with E-state index in [9.17, 15) is 9.59 Å². The number of nitrogens with zero attached hydrogens (tertiary/aromatic N) is 2. The van der Waals surface area contributed by atoms with Crippen LogP contribution in [0.2, 0.25) is 0 Å². The van der Waals surface area contributed by atoms with E-state index in [1.54, 1.807) is 0 Å². The first-order valence-electron chi connectivity index (χ1n) is 11.0. The van der Waals surface area contributed by atoms with Gasteiger partial charge in [-0.2, -0.15) is 0 Å². The van der Waals surface area contributed by atoms with Crippen LogP contribution in [0.5, 0.6) is 0 Å². The summed E-state index contributed by atoms with van der Waals surface area (Å²) in [5.74, 6) is 2.68. The Hall–Kier alpha value is -0.810. The molecule has 0 spiro atoms. The van der Waals surface area contributed by atoms with Crippen LogP contribution in [0, 0.1) is 28.6 Å². The largest absolute Gasteiger partial charge is 0.343 e. The molecule has 1 heterocycles. The molecule has 5 fully saturated rings. The first-order chi connectivity index (χ1) is 12.7. The van der Waals surface area contributed by atoms with Crippen LogP contribution in [-0.4, -0.2) is 54.3 Å². The molecular weight excluding hydrogens is 374 g/mol. The lowest BCUT2D eigenvalue weighted by Gasteiger charge is -2.56. The number of rotatable bonds is 5. The molecule has 4 bridgehead atoms. The smallest absolute Gasteiger partial charge is 0.245 e. The lowest BCUT2D eigenvalue weighted by atomic mass is 9.49. The van der Waals surface area contributed by atoms with Gasteiger partial charge in [-0.15, -0.1) is 12.4 Å². The van der Waals surface area contributed by atoms with Gasteiger partial charge >= 0.3 is 0 Å². The highest BCUT2D eigenvalue weighted by atomic mass is 35.5. The highest BCUT2D eigenvalue weighted by molar-refractivity contribution is 5.91. The average molecular weight is 412 g/mol. The van der Waals surface area contributed by atoms with E-state index in [4.69, 9.17) is 5.73 Å². The standard InChI is InChI=1S/C22H37N3O2.ClH/c1-21(2,13-23)14-24(3)19(26)18-5-4-6-25(18)20(27)22-10-15-7-16(11-22)9-17(8-15)12-22;/h15-18H,4-14,23H2,1-3H3;1H. The number of carbonyl (C=O) groups excluding carboxylic acids is 2. The Labute approximate surface area is 176 Å². The highest BCUT2D eigenvalue weighted by Crippen LogP contribution is 2.60. The maximum absolute atomic E-state index is 13.7. The molecule has 1 saturated heterocycles. The third kappa shape index (κ3) is 3.81. The highest BCUT2D eigenvalue weighted by Gasteiger charge is 2.57. The van der Waals surface area contributed by atoms with Crippen LogP contribution < -0.4 is 5.73 Å². The minimum Gasteiger partial charge on any atom is -0.343 e. The fraction of sp³-hybridized carbons (Fsp3) is 0.909. The monoisotopic (exact) mass is 411 g/mol. The van der Waals surface area contributed by atoms with Gasteiger partial charge in [-0.3, -0.25) is 9.59 Å². The van der Waals surface area contributed by atoms with Crippen molar-refractivity contribution >= 4 is 24.2 Å². The van der Waals surface area contributed by atoms with Crippen LogP contribution in [0.4, 0.5) is 0 Å². The molecule has 5 aliphatic rings. The number of likely N-dealkylation sites (N-methyl/N-ethyl adjacent to an activating group) is 1. The molecule has 0 aromatic rings. The molecule has 6 heteroatoms. The molecule has 4 saturated carbocycles. The molecule has 2 N–H and O–H groups in total. The van der Waals surface area contributed by atoms with Crippen molar-refractivity contribution in [2.24, 2.45) is 34.3 Å². The zero-order chi connectivity index (χ0) is 19.4. The van der Waals surface area contributed by atoms with Crippen molar-refractivity contribution in [3.8, 4) is 0 Å². The van der Waals surface area contributed by atoms with Crippen molar-refractivity contribution in [1.29, 1.82) is 0 Å².